The highest BCUT2D eigenvalue weighted by Gasteiger charge is 2.39. The molecule has 0 saturated carbocycles. The SMILES string of the molecule is CCCCCCCCC/C=C\CCCCCCC[C@@H]1OC(C)(C)O[C@H]1/C=C/CO. The van der Waals surface area contributed by atoms with Crippen molar-refractivity contribution < 1.29 is 14.6 Å². The van der Waals surface area contributed by atoms with E-state index in [2.05, 4.69) is 19.1 Å². The van der Waals surface area contributed by atoms with E-state index >= 15 is 0 Å². The fourth-order valence-corrected chi connectivity index (χ4v) is 4.04. The summed E-state index contributed by atoms with van der Waals surface area (Å²) in [6.07, 6.45) is 28.3. The molecule has 0 spiro atoms. The van der Waals surface area contributed by atoms with Crippen LogP contribution >= 0.6 is 0 Å². The molecular weight excluding hydrogens is 360 g/mol. The molecule has 1 fully saturated rings. The Labute approximate surface area is 180 Å². The molecule has 1 aliphatic rings. The van der Waals surface area contributed by atoms with Gasteiger partial charge in [0.05, 0.1) is 12.7 Å². The Morgan fingerprint density at radius 3 is 1.86 bits per heavy atom. The van der Waals surface area contributed by atoms with E-state index in [1.54, 1.807) is 6.08 Å². The van der Waals surface area contributed by atoms with E-state index in [9.17, 15) is 0 Å². The maximum Gasteiger partial charge on any atom is 0.164 e. The number of hydrogen-bond donors (Lipinski definition) is 1. The number of ether oxygens (including phenoxy) is 2. The molecule has 0 radical (unpaired) electrons. The standard InChI is InChI=1S/C26H48O3/c1-4-5-6-7-8-9-10-11-12-13-14-15-16-17-18-19-21-24-25(22-20-23-27)29-26(2,3)28-24/h12-13,20,22,24-25,27H,4-11,14-19,21,23H2,1-3H3/b13-12-,22-20+/t24-,25-/m0/s1. The predicted molar refractivity (Wildman–Crippen MR) is 124 cm³/mol. The summed E-state index contributed by atoms with van der Waals surface area (Å²) >= 11 is 0. The third-order valence-electron chi connectivity index (χ3n) is 5.65. The Morgan fingerprint density at radius 2 is 1.28 bits per heavy atom. The Bertz CT molecular complexity index is 428. The zero-order valence-corrected chi connectivity index (χ0v) is 19.5. The minimum atomic E-state index is -0.517. The average Bonchev–Trinajstić information content (AvgIpc) is 2.99. The molecule has 0 bridgehead atoms. The topological polar surface area (TPSA) is 38.7 Å². The maximum atomic E-state index is 8.98. The minimum absolute atomic E-state index is 0.0290. The molecule has 2 atom stereocenters. The number of unbranched alkanes of at least 4 members (excludes halogenated alkanes) is 12. The first kappa shape index (κ1) is 26.4. The lowest BCUT2D eigenvalue weighted by Gasteiger charge is -2.16. The van der Waals surface area contributed by atoms with Gasteiger partial charge in [0.15, 0.2) is 5.79 Å². The monoisotopic (exact) mass is 408 g/mol. The van der Waals surface area contributed by atoms with Crippen LogP contribution in [-0.2, 0) is 9.47 Å². The number of hydrogen-bond acceptors (Lipinski definition) is 3. The van der Waals surface area contributed by atoms with E-state index < -0.39 is 5.79 Å². The van der Waals surface area contributed by atoms with Crippen molar-refractivity contribution in [2.24, 2.45) is 0 Å². The van der Waals surface area contributed by atoms with E-state index in [1.165, 1.54) is 89.9 Å². The van der Waals surface area contributed by atoms with Gasteiger partial charge in [0.25, 0.3) is 0 Å². The molecule has 1 rings (SSSR count). The summed E-state index contributed by atoms with van der Waals surface area (Å²) in [5.74, 6) is -0.517. The van der Waals surface area contributed by atoms with Gasteiger partial charge in [-0.3, -0.25) is 0 Å². The fraction of sp³-hybridized carbons (Fsp3) is 0.846. The molecule has 170 valence electrons. The van der Waals surface area contributed by atoms with Gasteiger partial charge in [-0.2, -0.15) is 0 Å². The van der Waals surface area contributed by atoms with Gasteiger partial charge in [0.1, 0.15) is 6.10 Å². The smallest absolute Gasteiger partial charge is 0.164 e. The van der Waals surface area contributed by atoms with Crippen LogP contribution in [0.2, 0.25) is 0 Å². The van der Waals surface area contributed by atoms with Crippen molar-refractivity contribution >= 4 is 0 Å². The van der Waals surface area contributed by atoms with E-state index in [0.717, 1.165) is 6.42 Å². The quantitative estimate of drug-likeness (QED) is 0.189. The number of aliphatic hydroxyl groups excluding tert-OH is 1. The number of aliphatic hydroxyl groups is 1. The van der Waals surface area contributed by atoms with Gasteiger partial charge in [-0.25, -0.2) is 0 Å². The van der Waals surface area contributed by atoms with Crippen molar-refractivity contribution in [1.82, 2.24) is 0 Å². The van der Waals surface area contributed by atoms with Gasteiger partial charge < -0.3 is 14.6 Å². The molecule has 0 aliphatic carbocycles. The molecule has 0 aromatic carbocycles. The van der Waals surface area contributed by atoms with Crippen molar-refractivity contribution in [1.29, 1.82) is 0 Å². The Morgan fingerprint density at radius 1 is 0.724 bits per heavy atom. The first-order valence-electron chi connectivity index (χ1n) is 12.4. The molecule has 1 aliphatic heterocycles. The van der Waals surface area contributed by atoms with Crippen LogP contribution in [0.4, 0.5) is 0 Å². The van der Waals surface area contributed by atoms with Crippen molar-refractivity contribution in [3.8, 4) is 0 Å². The zero-order valence-electron chi connectivity index (χ0n) is 19.5. The fourth-order valence-electron chi connectivity index (χ4n) is 4.04. The van der Waals surface area contributed by atoms with E-state index in [0.29, 0.717) is 0 Å². The van der Waals surface area contributed by atoms with Gasteiger partial charge in [0.2, 0.25) is 0 Å². The molecule has 3 nitrogen and oxygen atoms in total. The van der Waals surface area contributed by atoms with Crippen LogP contribution in [0.5, 0.6) is 0 Å². The van der Waals surface area contributed by atoms with Crippen LogP contribution < -0.4 is 0 Å². The Kier molecular flexibility index (Phi) is 15.5. The van der Waals surface area contributed by atoms with E-state index in [-0.39, 0.29) is 18.8 Å². The summed E-state index contributed by atoms with van der Waals surface area (Å²) in [5.41, 5.74) is 0. The molecule has 29 heavy (non-hydrogen) atoms. The Hall–Kier alpha value is -0.640. The van der Waals surface area contributed by atoms with Crippen LogP contribution in [-0.4, -0.2) is 29.7 Å². The van der Waals surface area contributed by atoms with Gasteiger partial charge in [-0.15, -0.1) is 0 Å². The van der Waals surface area contributed by atoms with Gasteiger partial charge in [0, 0.05) is 0 Å². The first-order valence-corrected chi connectivity index (χ1v) is 12.4. The minimum Gasteiger partial charge on any atom is -0.392 e. The maximum absolute atomic E-state index is 8.98. The van der Waals surface area contributed by atoms with Gasteiger partial charge in [-0.1, -0.05) is 95.4 Å². The lowest BCUT2D eigenvalue weighted by Crippen LogP contribution is -2.21. The highest BCUT2D eigenvalue weighted by Crippen LogP contribution is 2.31. The molecule has 0 unspecified atom stereocenters. The summed E-state index contributed by atoms with van der Waals surface area (Å²) in [4.78, 5) is 0. The molecule has 0 aromatic heterocycles. The lowest BCUT2D eigenvalue weighted by molar-refractivity contribution is -0.143. The van der Waals surface area contributed by atoms with Gasteiger partial charge in [-0.05, 0) is 46.0 Å². The van der Waals surface area contributed by atoms with Crippen LogP contribution in [0.3, 0.4) is 0 Å². The summed E-state index contributed by atoms with van der Waals surface area (Å²) < 4.78 is 11.9. The molecular formula is C26H48O3. The molecule has 3 heteroatoms. The second-order valence-electron chi connectivity index (χ2n) is 8.98. The zero-order chi connectivity index (χ0) is 21.2. The lowest BCUT2D eigenvalue weighted by atomic mass is 10.0. The van der Waals surface area contributed by atoms with Crippen LogP contribution in [0.15, 0.2) is 24.3 Å². The third kappa shape index (κ3) is 14.1. The largest absolute Gasteiger partial charge is 0.392 e. The van der Waals surface area contributed by atoms with Crippen LogP contribution in [0, 0.1) is 0 Å². The van der Waals surface area contributed by atoms with E-state index in [4.69, 9.17) is 14.6 Å². The normalized spacial score (nSPS) is 21.7. The molecule has 0 amide bonds. The van der Waals surface area contributed by atoms with Crippen molar-refractivity contribution in [2.45, 2.75) is 135 Å². The summed E-state index contributed by atoms with van der Waals surface area (Å²) in [6.45, 7) is 6.27. The molecule has 1 N–H and O–H groups in total. The van der Waals surface area contributed by atoms with Crippen molar-refractivity contribution in [2.75, 3.05) is 6.61 Å². The molecule has 0 aromatic rings. The Balaban J connectivity index is 1.93. The second kappa shape index (κ2) is 17.1. The van der Waals surface area contributed by atoms with Crippen LogP contribution in [0.25, 0.3) is 0 Å². The highest BCUT2D eigenvalue weighted by molar-refractivity contribution is 4.97. The highest BCUT2D eigenvalue weighted by atomic mass is 16.7. The number of rotatable bonds is 18. The summed E-state index contributed by atoms with van der Waals surface area (Å²) in [6, 6.07) is 0. The molecule has 1 saturated heterocycles. The van der Waals surface area contributed by atoms with Gasteiger partial charge >= 0.3 is 0 Å². The van der Waals surface area contributed by atoms with Crippen molar-refractivity contribution in [3.05, 3.63) is 24.3 Å². The van der Waals surface area contributed by atoms with Crippen LogP contribution in [0.1, 0.15) is 117 Å². The summed E-state index contributed by atoms with van der Waals surface area (Å²) in [7, 11) is 0. The molecule has 1 heterocycles. The predicted octanol–water partition coefficient (Wildman–Crippen LogP) is 7.48. The van der Waals surface area contributed by atoms with Crippen molar-refractivity contribution in [3.63, 3.8) is 0 Å². The number of allylic oxidation sites excluding steroid dienone is 2. The van der Waals surface area contributed by atoms with E-state index in [1.807, 2.05) is 19.9 Å². The second-order valence-corrected chi connectivity index (χ2v) is 8.98. The first-order chi connectivity index (χ1) is 14.1. The third-order valence-corrected chi connectivity index (χ3v) is 5.65. The summed E-state index contributed by atoms with van der Waals surface area (Å²) in [5, 5.41) is 8.98. The average molecular weight is 409 g/mol.